The van der Waals surface area contributed by atoms with Crippen LogP contribution in [-0.4, -0.2) is 23.7 Å². The van der Waals surface area contributed by atoms with Crippen LogP contribution in [0.5, 0.6) is 5.75 Å². The molecule has 0 bridgehead atoms. The minimum atomic E-state index is 0.234. The van der Waals surface area contributed by atoms with Crippen LogP contribution in [0.25, 0.3) is 10.8 Å². The molecule has 0 aliphatic carbocycles. The Kier molecular flexibility index (Phi) is 3.14. The van der Waals surface area contributed by atoms with Crippen molar-refractivity contribution in [3.63, 3.8) is 0 Å². The van der Waals surface area contributed by atoms with Gasteiger partial charge in [-0.25, -0.2) is 0 Å². The van der Waals surface area contributed by atoms with Crippen LogP contribution in [-0.2, 0) is 0 Å². The zero-order chi connectivity index (χ0) is 13.1. The van der Waals surface area contributed by atoms with Crippen LogP contribution < -0.4 is 5.43 Å². The Balaban J connectivity index is 1.91. The second-order valence-electron chi connectivity index (χ2n) is 4.52. The molecular formula is C15H15N3O. The van der Waals surface area contributed by atoms with Gasteiger partial charge in [0.25, 0.3) is 0 Å². The molecule has 0 saturated carbocycles. The highest BCUT2D eigenvalue weighted by atomic mass is 16.3. The van der Waals surface area contributed by atoms with E-state index in [0.717, 1.165) is 41.6 Å². The Labute approximate surface area is 111 Å². The normalized spacial score (nSPS) is 15.1. The van der Waals surface area contributed by atoms with Gasteiger partial charge in [0.1, 0.15) is 11.6 Å². The van der Waals surface area contributed by atoms with Gasteiger partial charge < -0.3 is 5.11 Å². The van der Waals surface area contributed by atoms with Crippen molar-refractivity contribution in [2.75, 3.05) is 6.54 Å². The molecule has 1 heterocycles. The van der Waals surface area contributed by atoms with Gasteiger partial charge in [0, 0.05) is 18.5 Å². The number of fused-ring (bicyclic) bond motifs is 1. The molecule has 0 spiro atoms. The van der Waals surface area contributed by atoms with Crippen molar-refractivity contribution in [1.82, 2.24) is 5.43 Å². The van der Waals surface area contributed by atoms with Crippen molar-refractivity contribution in [2.45, 2.75) is 12.8 Å². The van der Waals surface area contributed by atoms with E-state index in [0.29, 0.717) is 0 Å². The first-order valence-electron chi connectivity index (χ1n) is 6.38. The fourth-order valence-electron chi connectivity index (χ4n) is 2.22. The van der Waals surface area contributed by atoms with Gasteiger partial charge in [-0.15, -0.1) is 0 Å². The molecule has 0 saturated heterocycles. The van der Waals surface area contributed by atoms with Crippen molar-refractivity contribution < 1.29 is 5.11 Å². The predicted molar refractivity (Wildman–Crippen MR) is 77.9 cm³/mol. The summed E-state index contributed by atoms with van der Waals surface area (Å²) in [5.41, 5.74) is 3.66. The quantitative estimate of drug-likeness (QED) is 0.638. The lowest BCUT2D eigenvalue weighted by molar-refractivity contribution is 0.475. The molecule has 0 amide bonds. The summed E-state index contributed by atoms with van der Waals surface area (Å²) in [5.74, 6) is 1.15. The van der Waals surface area contributed by atoms with Crippen LogP contribution in [0.4, 0.5) is 0 Å². The minimum Gasteiger partial charge on any atom is -0.507 e. The van der Waals surface area contributed by atoms with Gasteiger partial charge in [-0.3, -0.25) is 10.4 Å². The number of phenols is 1. The third kappa shape index (κ3) is 2.42. The average Bonchev–Trinajstić information content (AvgIpc) is 2.94. The smallest absolute Gasteiger partial charge is 0.125 e. The predicted octanol–water partition coefficient (Wildman–Crippen LogP) is 2.66. The van der Waals surface area contributed by atoms with E-state index in [9.17, 15) is 5.11 Å². The van der Waals surface area contributed by atoms with E-state index < -0.39 is 0 Å². The van der Waals surface area contributed by atoms with E-state index in [-0.39, 0.29) is 5.75 Å². The second-order valence-corrected chi connectivity index (χ2v) is 4.52. The Morgan fingerprint density at radius 2 is 2.11 bits per heavy atom. The number of phenolic OH excluding ortho intramolecular Hbond substituents is 1. The Bertz CT molecular complexity index is 661. The molecule has 2 N–H and O–H groups in total. The molecule has 0 atom stereocenters. The second kappa shape index (κ2) is 5.10. The van der Waals surface area contributed by atoms with Gasteiger partial charge in [0.2, 0.25) is 0 Å². The molecule has 3 rings (SSSR count). The minimum absolute atomic E-state index is 0.234. The van der Waals surface area contributed by atoms with Crippen molar-refractivity contribution in [3.8, 4) is 5.75 Å². The molecule has 0 unspecified atom stereocenters. The number of rotatable bonds is 2. The number of hydrogen-bond acceptors (Lipinski definition) is 4. The van der Waals surface area contributed by atoms with Gasteiger partial charge in [-0.1, -0.05) is 30.3 Å². The van der Waals surface area contributed by atoms with Gasteiger partial charge in [0.15, 0.2) is 0 Å². The number of aromatic hydroxyl groups is 1. The lowest BCUT2D eigenvalue weighted by Gasteiger charge is -2.04. The number of aliphatic imine (C=N–C) groups is 1. The van der Waals surface area contributed by atoms with Crippen molar-refractivity contribution >= 4 is 22.8 Å². The largest absolute Gasteiger partial charge is 0.507 e. The highest BCUT2D eigenvalue weighted by molar-refractivity contribution is 6.02. The van der Waals surface area contributed by atoms with Crippen molar-refractivity contribution in [2.24, 2.45) is 10.1 Å². The van der Waals surface area contributed by atoms with Crippen LogP contribution in [0.1, 0.15) is 18.4 Å². The maximum absolute atomic E-state index is 9.95. The van der Waals surface area contributed by atoms with Crippen LogP contribution in [0, 0.1) is 0 Å². The van der Waals surface area contributed by atoms with Crippen LogP contribution in [0.15, 0.2) is 46.5 Å². The molecule has 0 radical (unpaired) electrons. The van der Waals surface area contributed by atoms with Gasteiger partial charge in [-0.2, -0.15) is 5.10 Å². The molecule has 96 valence electrons. The summed E-state index contributed by atoms with van der Waals surface area (Å²) in [6.45, 7) is 0.872. The maximum atomic E-state index is 9.95. The molecule has 4 nitrogen and oxygen atoms in total. The summed E-state index contributed by atoms with van der Waals surface area (Å²) in [4.78, 5) is 4.28. The molecular weight excluding hydrogens is 238 g/mol. The lowest BCUT2D eigenvalue weighted by atomic mass is 10.0. The number of amidine groups is 1. The molecule has 2 aromatic carbocycles. The summed E-state index contributed by atoms with van der Waals surface area (Å²) in [6, 6.07) is 11.5. The van der Waals surface area contributed by atoms with Crippen LogP contribution >= 0.6 is 0 Å². The summed E-state index contributed by atoms with van der Waals surface area (Å²) in [5, 5.41) is 16.2. The zero-order valence-corrected chi connectivity index (χ0v) is 10.5. The molecule has 4 heteroatoms. The van der Waals surface area contributed by atoms with Gasteiger partial charge in [0.05, 0.1) is 6.21 Å². The van der Waals surface area contributed by atoms with Crippen molar-refractivity contribution in [3.05, 3.63) is 42.0 Å². The molecule has 2 aromatic rings. The number of hydrazone groups is 1. The zero-order valence-electron chi connectivity index (χ0n) is 10.5. The number of nitrogens with one attached hydrogen (secondary N) is 1. The summed E-state index contributed by atoms with van der Waals surface area (Å²) in [7, 11) is 0. The number of nitrogens with zero attached hydrogens (tertiary/aromatic N) is 2. The van der Waals surface area contributed by atoms with E-state index in [1.165, 1.54) is 0 Å². The lowest BCUT2D eigenvalue weighted by Crippen LogP contribution is -2.14. The fraction of sp³-hybridized carbons (Fsp3) is 0.200. The Hall–Kier alpha value is -2.36. The molecule has 19 heavy (non-hydrogen) atoms. The number of benzene rings is 2. The summed E-state index contributed by atoms with van der Waals surface area (Å²) in [6.07, 6.45) is 3.68. The third-order valence-corrected chi connectivity index (χ3v) is 3.21. The fourth-order valence-corrected chi connectivity index (χ4v) is 2.22. The van der Waals surface area contributed by atoms with Gasteiger partial charge >= 0.3 is 0 Å². The first-order valence-corrected chi connectivity index (χ1v) is 6.38. The first kappa shape index (κ1) is 11.7. The van der Waals surface area contributed by atoms with Crippen molar-refractivity contribution in [1.29, 1.82) is 0 Å². The third-order valence-electron chi connectivity index (χ3n) is 3.21. The summed E-state index contributed by atoms with van der Waals surface area (Å²) >= 11 is 0. The maximum Gasteiger partial charge on any atom is 0.125 e. The van der Waals surface area contributed by atoms with Gasteiger partial charge in [-0.05, 0) is 23.3 Å². The SMILES string of the molecule is Oc1ccc2ccccc2c1/C=N/NC1=NCCC1. The molecule has 0 aromatic heterocycles. The van der Waals surface area contributed by atoms with E-state index in [1.807, 2.05) is 30.3 Å². The summed E-state index contributed by atoms with van der Waals surface area (Å²) < 4.78 is 0. The van der Waals surface area contributed by atoms with E-state index in [1.54, 1.807) is 12.3 Å². The molecule has 1 aliphatic heterocycles. The Morgan fingerprint density at radius 1 is 1.21 bits per heavy atom. The monoisotopic (exact) mass is 253 g/mol. The van der Waals surface area contributed by atoms with Crippen LogP contribution in [0.3, 0.4) is 0 Å². The molecule has 0 fully saturated rings. The van der Waals surface area contributed by atoms with E-state index in [4.69, 9.17) is 0 Å². The number of hydrogen-bond donors (Lipinski definition) is 2. The first-order chi connectivity index (χ1) is 9.34. The van der Waals surface area contributed by atoms with E-state index >= 15 is 0 Å². The Morgan fingerprint density at radius 3 is 2.95 bits per heavy atom. The highest BCUT2D eigenvalue weighted by Gasteiger charge is 2.06. The highest BCUT2D eigenvalue weighted by Crippen LogP contribution is 2.25. The molecule has 1 aliphatic rings. The average molecular weight is 253 g/mol. The topological polar surface area (TPSA) is 57.0 Å². The standard InChI is InChI=1S/C15H15N3O/c19-14-8-7-11-4-1-2-5-12(11)13(14)10-17-18-15-6-3-9-16-15/h1-2,4-5,7-8,10,19H,3,6,9H2,(H,16,18)/b17-10+. The van der Waals surface area contributed by atoms with E-state index in [2.05, 4.69) is 15.5 Å². The van der Waals surface area contributed by atoms with Crippen LogP contribution in [0.2, 0.25) is 0 Å².